The van der Waals surface area contributed by atoms with Gasteiger partial charge in [-0.05, 0) is 65.5 Å². The van der Waals surface area contributed by atoms with Gasteiger partial charge in [0.25, 0.3) is 0 Å². The number of amides is 1. The summed E-state index contributed by atoms with van der Waals surface area (Å²) in [7, 11) is 4.17. The molecule has 0 spiro atoms. The molecule has 2 bridgehead atoms. The third kappa shape index (κ3) is 4.35. The predicted molar refractivity (Wildman–Crippen MR) is 97.4 cm³/mol. The van der Waals surface area contributed by atoms with Gasteiger partial charge < -0.3 is 14.5 Å². The smallest absolute Gasteiger partial charge is 0.410 e. The molecule has 0 aliphatic carbocycles. The molecule has 0 saturated carbocycles. The number of aryl methyl sites for hydroxylation is 1. The van der Waals surface area contributed by atoms with Gasteiger partial charge in [-0.3, -0.25) is 4.68 Å². The minimum Gasteiger partial charge on any atom is -0.444 e. The number of fused-ring (bicyclic) bond motifs is 2. The van der Waals surface area contributed by atoms with Gasteiger partial charge in [0.2, 0.25) is 0 Å². The lowest BCUT2D eigenvalue weighted by atomic mass is 9.96. The van der Waals surface area contributed by atoms with Crippen molar-refractivity contribution in [3.05, 3.63) is 18.0 Å². The molecule has 2 atom stereocenters. The van der Waals surface area contributed by atoms with E-state index in [-0.39, 0.29) is 6.09 Å². The van der Waals surface area contributed by atoms with Crippen LogP contribution in [0, 0.1) is 0 Å². The SMILES string of the molecule is CN(CCc1cnn(C)c1)C1CC2CCC(C1)N2C(=O)OC(C)(C)C. The Bertz CT molecular complexity index is 593. The molecule has 2 saturated heterocycles. The third-order valence-electron chi connectivity index (χ3n) is 5.45. The van der Waals surface area contributed by atoms with E-state index in [2.05, 4.69) is 23.2 Å². The van der Waals surface area contributed by atoms with Gasteiger partial charge in [-0.15, -0.1) is 0 Å². The largest absolute Gasteiger partial charge is 0.444 e. The van der Waals surface area contributed by atoms with Crippen LogP contribution in [-0.2, 0) is 18.2 Å². The van der Waals surface area contributed by atoms with Crippen molar-refractivity contribution >= 4 is 6.09 Å². The number of carbonyl (C=O) groups is 1. The van der Waals surface area contributed by atoms with Gasteiger partial charge in [0.15, 0.2) is 0 Å². The lowest BCUT2D eigenvalue weighted by Gasteiger charge is -2.42. The molecule has 2 fully saturated rings. The molecule has 1 amide bonds. The van der Waals surface area contributed by atoms with Crippen molar-refractivity contribution in [2.24, 2.45) is 7.05 Å². The summed E-state index contributed by atoms with van der Waals surface area (Å²) in [6.45, 7) is 6.84. The van der Waals surface area contributed by atoms with Crippen LogP contribution in [-0.4, -0.2) is 63.0 Å². The van der Waals surface area contributed by atoms with Crippen LogP contribution in [0.1, 0.15) is 52.0 Å². The molecule has 0 aromatic carbocycles. The monoisotopic (exact) mass is 348 g/mol. The highest BCUT2D eigenvalue weighted by Crippen LogP contribution is 2.38. The summed E-state index contributed by atoms with van der Waals surface area (Å²) < 4.78 is 7.48. The van der Waals surface area contributed by atoms with Gasteiger partial charge in [-0.1, -0.05) is 0 Å². The fourth-order valence-corrected chi connectivity index (χ4v) is 4.21. The summed E-state index contributed by atoms with van der Waals surface area (Å²) in [5, 5.41) is 4.24. The van der Waals surface area contributed by atoms with Crippen LogP contribution in [0.25, 0.3) is 0 Å². The Labute approximate surface area is 151 Å². The topological polar surface area (TPSA) is 50.6 Å². The van der Waals surface area contributed by atoms with Crippen molar-refractivity contribution in [3.63, 3.8) is 0 Å². The summed E-state index contributed by atoms with van der Waals surface area (Å²) >= 11 is 0. The first-order valence-electron chi connectivity index (χ1n) is 9.42. The molecule has 0 N–H and O–H groups in total. The van der Waals surface area contributed by atoms with Gasteiger partial charge in [0, 0.05) is 37.9 Å². The average Bonchev–Trinajstić information content (AvgIpc) is 3.04. The van der Waals surface area contributed by atoms with Crippen molar-refractivity contribution in [1.29, 1.82) is 0 Å². The maximum absolute atomic E-state index is 12.5. The number of nitrogens with zero attached hydrogens (tertiary/aromatic N) is 4. The number of hydrogen-bond acceptors (Lipinski definition) is 4. The van der Waals surface area contributed by atoms with Gasteiger partial charge in [-0.2, -0.15) is 5.10 Å². The Morgan fingerprint density at radius 1 is 1.32 bits per heavy atom. The van der Waals surface area contributed by atoms with Crippen LogP contribution >= 0.6 is 0 Å². The third-order valence-corrected chi connectivity index (χ3v) is 5.45. The number of hydrogen-bond donors (Lipinski definition) is 0. The van der Waals surface area contributed by atoms with Gasteiger partial charge in [0.05, 0.1) is 6.20 Å². The van der Waals surface area contributed by atoms with E-state index in [9.17, 15) is 4.79 Å². The highest BCUT2D eigenvalue weighted by molar-refractivity contribution is 5.69. The van der Waals surface area contributed by atoms with E-state index in [1.807, 2.05) is 43.6 Å². The van der Waals surface area contributed by atoms with E-state index in [4.69, 9.17) is 4.74 Å². The van der Waals surface area contributed by atoms with Crippen LogP contribution in [0.15, 0.2) is 12.4 Å². The average molecular weight is 348 g/mol. The molecule has 25 heavy (non-hydrogen) atoms. The first kappa shape index (κ1) is 18.2. The molecule has 0 radical (unpaired) electrons. The summed E-state index contributed by atoms with van der Waals surface area (Å²) in [6.07, 6.45) is 9.25. The lowest BCUT2D eigenvalue weighted by Crippen LogP contribution is -2.53. The summed E-state index contributed by atoms with van der Waals surface area (Å²) in [5.74, 6) is 0. The zero-order valence-corrected chi connectivity index (χ0v) is 16.2. The Morgan fingerprint density at radius 2 is 1.96 bits per heavy atom. The Hall–Kier alpha value is -1.56. The summed E-state index contributed by atoms with van der Waals surface area (Å²) in [4.78, 5) is 17.0. The highest BCUT2D eigenvalue weighted by atomic mass is 16.6. The van der Waals surface area contributed by atoms with Crippen LogP contribution < -0.4 is 0 Å². The Balaban J connectivity index is 1.55. The standard InChI is InChI=1S/C19H32N4O2/c1-19(2,3)25-18(24)23-15-6-7-16(23)11-17(10-15)21(4)9-8-14-12-20-22(5)13-14/h12-13,15-17H,6-11H2,1-5H3. The van der Waals surface area contributed by atoms with E-state index in [0.29, 0.717) is 18.1 Å². The van der Waals surface area contributed by atoms with Crippen LogP contribution in [0.5, 0.6) is 0 Å². The molecule has 1 aromatic rings. The quantitative estimate of drug-likeness (QED) is 0.839. The molecule has 2 aliphatic heterocycles. The number of rotatable bonds is 4. The molecule has 6 heteroatoms. The molecule has 3 rings (SSSR count). The second-order valence-corrected chi connectivity index (χ2v) is 8.65. The van der Waals surface area contributed by atoms with Crippen molar-refractivity contribution in [3.8, 4) is 0 Å². The van der Waals surface area contributed by atoms with Crippen molar-refractivity contribution in [2.45, 2.75) is 76.6 Å². The van der Waals surface area contributed by atoms with E-state index in [0.717, 1.165) is 38.6 Å². The second kappa shape index (κ2) is 6.98. The fourth-order valence-electron chi connectivity index (χ4n) is 4.21. The van der Waals surface area contributed by atoms with E-state index < -0.39 is 5.60 Å². The van der Waals surface area contributed by atoms with Crippen molar-refractivity contribution < 1.29 is 9.53 Å². The van der Waals surface area contributed by atoms with Gasteiger partial charge in [0.1, 0.15) is 5.60 Å². The molecular weight excluding hydrogens is 316 g/mol. The number of ether oxygens (including phenoxy) is 1. The molecular formula is C19H32N4O2. The number of aromatic nitrogens is 2. The minimum atomic E-state index is -0.423. The second-order valence-electron chi connectivity index (χ2n) is 8.65. The number of piperidine rings is 1. The first-order valence-corrected chi connectivity index (χ1v) is 9.42. The normalized spacial score (nSPS) is 26.3. The molecule has 2 aliphatic rings. The molecule has 6 nitrogen and oxygen atoms in total. The van der Waals surface area contributed by atoms with Crippen molar-refractivity contribution in [1.82, 2.24) is 19.6 Å². The van der Waals surface area contributed by atoms with Crippen molar-refractivity contribution in [2.75, 3.05) is 13.6 Å². The molecule has 140 valence electrons. The van der Waals surface area contributed by atoms with E-state index in [1.54, 1.807) is 0 Å². The Morgan fingerprint density at radius 3 is 2.48 bits per heavy atom. The maximum Gasteiger partial charge on any atom is 0.410 e. The fraction of sp³-hybridized carbons (Fsp3) is 0.789. The lowest BCUT2D eigenvalue weighted by molar-refractivity contribution is -0.00209. The maximum atomic E-state index is 12.5. The molecule has 1 aromatic heterocycles. The first-order chi connectivity index (χ1) is 11.7. The van der Waals surface area contributed by atoms with Crippen LogP contribution in [0.3, 0.4) is 0 Å². The molecule has 3 heterocycles. The van der Waals surface area contributed by atoms with Gasteiger partial charge >= 0.3 is 6.09 Å². The zero-order chi connectivity index (χ0) is 18.2. The van der Waals surface area contributed by atoms with Gasteiger partial charge in [-0.25, -0.2) is 4.79 Å². The van der Waals surface area contributed by atoms with E-state index in [1.165, 1.54) is 5.56 Å². The zero-order valence-electron chi connectivity index (χ0n) is 16.2. The minimum absolute atomic E-state index is 0.128. The predicted octanol–water partition coefficient (Wildman–Crippen LogP) is 2.82. The number of carbonyl (C=O) groups excluding carboxylic acids is 1. The summed E-state index contributed by atoms with van der Waals surface area (Å²) in [5.41, 5.74) is 0.858. The highest BCUT2D eigenvalue weighted by Gasteiger charge is 2.45. The summed E-state index contributed by atoms with van der Waals surface area (Å²) in [6, 6.07) is 1.21. The van der Waals surface area contributed by atoms with Crippen LogP contribution in [0.4, 0.5) is 4.79 Å². The van der Waals surface area contributed by atoms with Crippen LogP contribution in [0.2, 0.25) is 0 Å². The Kier molecular flexibility index (Phi) is 5.09. The van der Waals surface area contributed by atoms with E-state index >= 15 is 0 Å². The number of likely N-dealkylation sites (N-methyl/N-ethyl adjacent to an activating group) is 1. The molecule has 2 unspecified atom stereocenters.